The largest absolute Gasteiger partial charge is 0.296 e. The zero-order chi connectivity index (χ0) is 17.0. The molecule has 0 saturated carbocycles. The van der Waals surface area contributed by atoms with Gasteiger partial charge in [-0.05, 0) is 31.2 Å². The van der Waals surface area contributed by atoms with Gasteiger partial charge in [0.05, 0.1) is 5.75 Å². The number of rotatable bonds is 6. The maximum absolute atomic E-state index is 12.1. The zero-order valence-corrected chi connectivity index (χ0v) is 15.6. The van der Waals surface area contributed by atoms with Crippen molar-refractivity contribution in [2.45, 2.75) is 45.7 Å². The average molecular weight is 339 g/mol. The number of likely N-dealkylation sites (tertiary alicyclic amines) is 1. The molecule has 1 aliphatic heterocycles. The van der Waals surface area contributed by atoms with Gasteiger partial charge in [-0.2, -0.15) is 0 Å². The topological polar surface area (TPSA) is 40.6 Å². The van der Waals surface area contributed by atoms with Gasteiger partial charge in [0.15, 0.2) is 0 Å². The summed E-state index contributed by atoms with van der Waals surface area (Å²) >= 11 is 0. The van der Waals surface area contributed by atoms with E-state index < -0.39 is 10.0 Å². The average Bonchev–Trinajstić information content (AvgIpc) is 2.55. The second-order valence-electron chi connectivity index (χ2n) is 6.78. The maximum atomic E-state index is 12.1. The third kappa shape index (κ3) is 4.34. The normalized spacial score (nSPS) is 19.4. The number of sulfonamides is 1. The van der Waals surface area contributed by atoms with E-state index in [2.05, 4.69) is 49.1 Å². The van der Waals surface area contributed by atoms with Gasteiger partial charge in [-0.3, -0.25) is 4.90 Å². The van der Waals surface area contributed by atoms with Crippen molar-refractivity contribution in [3.63, 3.8) is 0 Å². The van der Waals surface area contributed by atoms with E-state index in [1.807, 2.05) is 0 Å². The van der Waals surface area contributed by atoms with Gasteiger partial charge in [0.2, 0.25) is 10.0 Å². The highest BCUT2D eigenvalue weighted by Gasteiger charge is 2.32. The highest BCUT2D eigenvalue weighted by atomic mass is 32.2. The molecule has 23 heavy (non-hydrogen) atoms. The molecule has 0 aliphatic carbocycles. The summed E-state index contributed by atoms with van der Waals surface area (Å²) in [6, 6.07) is 11.2. The Morgan fingerprint density at radius 2 is 1.74 bits per heavy atom. The van der Waals surface area contributed by atoms with Crippen LogP contribution >= 0.6 is 0 Å². The predicted octanol–water partition coefficient (Wildman–Crippen LogP) is 3.13. The molecule has 0 amide bonds. The van der Waals surface area contributed by atoms with Crippen LogP contribution in [0.5, 0.6) is 0 Å². The van der Waals surface area contributed by atoms with E-state index in [1.54, 1.807) is 18.3 Å². The van der Waals surface area contributed by atoms with Crippen molar-refractivity contribution in [2.75, 3.05) is 25.9 Å². The maximum Gasteiger partial charge on any atom is 0.213 e. The van der Waals surface area contributed by atoms with Crippen molar-refractivity contribution in [3.05, 3.63) is 35.9 Å². The Balaban J connectivity index is 2.05. The fourth-order valence-corrected chi connectivity index (χ4v) is 4.70. The Labute approximate surface area is 141 Å². The number of hydrogen-bond donors (Lipinski definition) is 0. The van der Waals surface area contributed by atoms with E-state index in [9.17, 15) is 8.42 Å². The van der Waals surface area contributed by atoms with Gasteiger partial charge in [0.25, 0.3) is 0 Å². The third-order valence-corrected chi connectivity index (χ3v) is 6.89. The molecule has 0 bridgehead atoms. The summed E-state index contributed by atoms with van der Waals surface area (Å²) in [4.78, 5) is 2.52. The summed E-state index contributed by atoms with van der Waals surface area (Å²) in [5, 5.41) is 0. The van der Waals surface area contributed by atoms with Crippen molar-refractivity contribution in [1.82, 2.24) is 9.21 Å². The molecule has 130 valence electrons. The molecular formula is C18H30N2O2S. The molecule has 1 aromatic rings. The van der Waals surface area contributed by atoms with Gasteiger partial charge in [0.1, 0.15) is 0 Å². The first-order valence-electron chi connectivity index (χ1n) is 8.61. The lowest BCUT2D eigenvalue weighted by molar-refractivity contribution is 0.0993. The minimum atomic E-state index is -3.09. The Morgan fingerprint density at radius 3 is 2.22 bits per heavy atom. The molecule has 0 radical (unpaired) electrons. The third-order valence-electron chi connectivity index (χ3n) is 4.98. The van der Waals surface area contributed by atoms with E-state index in [0.717, 1.165) is 25.9 Å². The molecule has 5 heteroatoms. The van der Waals surface area contributed by atoms with Crippen molar-refractivity contribution in [2.24, 2.45) is 5.92 Å². The molecule has 2 rings (SSSR count). The van der Waals surface area contributed by atoms with Crippen LogP contribution in [-0.4, -0.2) is 49.6 Å². The number of hydrogen-bond acceptors (Lipinski definition) is 3. The molecule has 1 aliphatic rings. The first-order valence-corrected chi connectivity index (χ1v) is 10.2. The van der Waals surface area contributed by atoms with Gasteiger partial charge in [-0.1, -0.05) is 44.2 Å². The second kappa shape index (κ2) is 7.77. The van der Waals surface area contributed by atoms with Crippen molar-refractivity contribution < 1.29 is 8.42 Å². The molecule has 0 aromatic heterocycles. The fourth-order valence-electron chi connectivity index (χ4n) is 3.63. The lowest BCUT2D eigenvalue weighted by Crippen LogP contribution is -2.47. The highest BCUT2D eigenvalue weighted by molar-refractivity contribution is 7.89. The van der Waals surface area contributed by atoms with Crippen LogP contribution in [0.25, 0.3) is 0 Å². The van der Waals surface area contributed by atoms with Crippen LogP contribution in [0.2, 0.25) is 0 Å². The summed E-state index contributed by atoms with van der Waals surface area (Å²) < 4.78 is 25.7. The van der Waals surface area contributed by atoms with Gasteiger partial charge >= 0.3 is 0 Å². The van der Waals surface area contributed by atoms with E-state index in [1.165, 1.54) is 5.56 Å². The summed E-state index contributed by atoms with van der Waals surface area (Å²) in [7, 11) is -1.36. The smallest absolute Gasteiger partial charge is 0.213 e. The van der Waals surface area contributed by atoms with Crippen molar-refractivity contribution in [1.29, 1.82) is 0 Å². The Hall–Kier alpha value is -0.910. The summed E-state index contributed by atoms with van der Waals surface area (Å²) in [6.07, 6.45) is 1.82. The Kier molecular flexibility index (Phi) is 6.23. The quantitative estimate of drug-likeness (QED) is 0.800. The van der Waals surface area contributed by atoms with Crippen LogP contribution in [0, 0.1) is 5.92 Å². The first-order chi connectivity index (χ1) is 10.9. The van der Waals surface area contributed by atoms with Crippen molar-refractivity contribution >= 4 is 10.0 Å². The Morgan fingerprint density at radius 1 is 1.17 bits per heavy atom. The van der Waals surface area contributed by atoms with Crippen LogP contribution in [-0.2, 0) is 10.0 Å². The van der Waals surface area contributed by atoms with Crippen LogP contribution in [0.15, 0.2) is 30.3 Å². The predicted molar refractivity (Wildman–Crippen MR) is 95.8 cm³/mol. The summed E-state index contributed by atoms with van der Waals surface area (Å²) in [5.41, 5.74) is 1.36. The molecule has 1 unspecified atom stereocenters. The SMILES string of the molecule is CCS(=O)(=O)N(C)C1CCN(C(c2ccccc2)C(C)C)CC1. The first kappa shape index (κ1) is 18.4. The second-order valence-corrected chi connectivity index (χ2v) is 9.10. The van der Waals surface area contributed by atoms with Crippen LogP contribution < -0.4 is 0 Å². The molecule has 1 heterocycles. The molecule has 0 spiro atoms. The van der Waals surface area contributed by atoms with Crippen LogP contribution in [0.4, 0.5) is 0 Å². The minimum absolute atomic E-state index is 0.139. The van der Waals surface area contributed by atoms with E-state index in [4.69, 9.17) is 0 Å². The molecule has 4 nitrogen and oxygen atoms in total. The van der Waals surface area contributed by atoms with Gasteiger partial charge in [0, 0.05) is 32.2 Å². The lowest BCUT2D eigenvalue weighted by Gasteiger charge is -2.41. The standard InChI is InChI=1S/C18H30N2O2S/c1-5-23(21,22)19(4)17-11-13-20(14-12-17)18(15(2)3)16-9-7-6-8-10-16/h6-10,15,17-18H,5,11-14H2,1-4H3. The molecule has 1 aromatic carbocycles. The lowest BCUT2D eigenvalue weighted by atomic mass is 9.92. The molecular weight excluding hydrogens is 308 g/mol. The molecule has 1 saturated heterocycles. The zero-order valence-electron chi connectivity index (χ0n) is 14.8. The van der Waals surface area contributed by atoms with E-state index in [-0.39, 0.29) is 11.8 Å². The number of nitrogens with zero attached hydrogens (tertiary/aromatic N) is 2. The van der Waals surface area contributed by atoms with Crippen LogP contribution in [0.3, 0.4) is 0 Å². The van der Waals surface area contributed by atoms with Gasteiger partial charge in [-0.25, -0.2) is 12.7 Å². The van der Waals surface area contributed by atoms with Crippen LogP contribution in [0.1, 0.15) is 45.2 Å². The van der Waals surface area contributed by atoms with Crippen molar-refractivity contribution in [3.8, 4) is 0 Å². The number of benzene rings is 1. The summed E-state index contributed by atoms with van der Waals surface area (Å²) in [5.74, 6) is 0.716. The van der Waals surface area contributed by atoms with Gasteiger partial charge in [-0.15, -0.1) is 0 Å². The summed E-state index contributed by atoms with van der Waals surface area (Å²) in [6.45, 7) is 8.14. The van der Waals surface area contributed by atoms with E-state index in [0.29, 0.717) is 12.0 Å². The molecule has 0 N–H and O–H groups in total. The fraction of sp³-hybridized carbons (Fsp3) is 0.667. The van der Waals surface area contributed by atoms with Gasteiger partial charge < -0.3 is 0 Å². The minimum Gasteiger partial charge on any atom is -0.296 e. The number of piperidine rings is 1. The molecule has 1 atom stereocenters. The molecule has 1 fully saturated rings. The highest BCUT2D eigenvalue weighted by Crippen LogP contribution is 2.32. The Bertz CT molecular complexity index is 578. The monoisotopic (exact) mass is 338 g/mol. The van der Waals surface area contributed by atoms with E-state index >= 15 is 0 Å².